The number of aromatic nitrogens is 3. The highest BCUT2D eigenvalue weighted by Gasteiger charge is 2.15. The number of nitrogens with two attached hydrogens (primary N) is 1. The second-order valence-corrected chi connectivity index (χ2v) is 7.54. The standard InChI is InChI=1S/C27H25N7O/c1-3-13-30-21(4-2)17-31-26-24-22(18-9-6-5-7-10-18)11-8-12-23(24)32-25(33-26)19-14-20(16-29-15-19)27(35)34-28/h3-16H,1,17,28H2,2H3,(H,34,35)(H,31,32,33)/b21-4-,30-13?. The Balaban J connectivity index is 1.88. The van der Waals surface area contributed by atoms with Crippen molar-refractivity contribution in [2.24, 2.45) is 10.8 Å². The average molecular weight is 464 g/mol. The molecule has 0 aliphatic rings. The van der Waals surface area contributed by atoms with Gasteiger partial charge in [-0.15, -0.1) is 0 Å². The van der Waals surface area contributed by atoms with E-state index in [0.29, 0.717) is 29.3 Å². The van der Waals surface area contributed by atoms with Gasteiger partial charge in [-0.2, -0.15) is 0 Å². The number of fused-ring (bicyclic) bond motifs is 1. The molecule has 0 aliphatic heterocycles. The van der Waals surface area contributed by atoms with Gasteiger partial charge in [0.1, 0.15) is 5.82 Å². The zero-order valence-electron chi connectivity index (χ0n) is 19.3. The predicted molar refractivity (Wildman–Crippen MR) is 141 cm³/mol. The molecule has 0 atom stereocenters. The predicted octanol–water partition coefficient (Wildman–Crippen LogP) is 4.53. The number of hydrogen-bond donors (Lipinski definition) is 3. The Labute approximate surface area is 203 Å². The number of nitrogens with one attached hydrogen (secondary N) is 2. The van der Waals surface area contributed by atoms with Crippen molar-refractivity contribution in [2.75, 3.05) is 11.9 Å². The fourth-order valence-electron chi connectivity index (χ4n) is 3.61. The van der Waals surface area contributed by atoms with Crippen LogP contribution in [0.3, 0.4) is 0 Å². The van der Waals surface area contributed by atoms with E-state index in [9.17, 15) is 4.79 Å². The zero-order valence-corrected chi connectivity index (χ0v) is 19.3. The third-order valence-electron chi connectivity index (χ3n) is 5.31. The lowest BCUT2D eigenvalue weighted by atomic mass is 10.0. The lowest BCUT2D eigenvalue weighted by molar-refractivity contribution is 0.0953. The number of anilines is 1. The first-order chi connectivity index (χ1) is 17.1. The highest BCUT2D eigenvalue weighted by molar-refractivity contribution is 6.02. The van der Waals surface area contributed by atoms with Crippen LogP contribution in [0.2, 0.25) is 0 Å². The molecule has 0 fully saturated rings. The molecule has 0 saturated heterocycles. The molecule has 4 N–H and O–H groups in total. The molecule has 2 aromatic carbocycles. The number of aliphatic imine (C=N–C) groups is 1. The van der Waals surface area contributed by atoms with E-state index in [0.717, 1.165) is 27.7 Å². The van der Waals surface area contributed by atoms with E-state index in [1.165, 1.54) is 6.20 Å². The molecule has 35 heavy (non-hydrogen) atoms. The molecule has 0 spiro atoms. The Morgan fingerprint density at radius 3 is 2.66 bits per heavy atom. The fraction of sp³-hybridized carbons (Fsp3) is 0.0741. The topological polar surface area (TPSA) is 118 Å². The van der Waals surface area contributed by atoms with Crippen LogP contribution < -0.4 is 16.6 Å². The molecule has 0 saturated carbocycles. The number of allylic oxidation sites excluding steroid dienone is 2. The molecule has 4 rings (SSSR count). The molecule has 4 aromatic rings. The first-order valence-corrected chi connectivity index (χ1v) is 11.0. The van der Waals surface area contributed by atoms with Gasteiger partial charge < -0.3 is 5.32 Å². The lowest BCUT2D eigenvalue weighted by Crippen LogP contribution is -2.30. The zero-order chi connectivity index (χ0) is 24.6. The lowest BCUT2D eigenvalue weighted by Gasteiger charge is -2.15. The summed E-state index contributed by atoms with van der Waals surface area (Å²) in [7, 11) is 0. The van der Waals surface area contributed by atoms with Gasteiger partial charge in [-0.25, -0.2) is 15.8 Å². The van der Waals surface area contributed by atoms with Gasteiger partial charge in [-0.3, -0.25) is 20.2 Å². The highest BCUT2D eigenvalue weighted by Crippen LogP contribution is 2.34. The Morgan fingerprint density at radius 1 is 1.09 bits per heavy atom. The number of carbonyl (C=O) groups excluding carboxylic acids is 1. The van der Waals surface area contributed by atoms with Gasteiger partial charge in [-0.1, -0.05) is 61.2 Å². The number of hydrogen-bond acceptors (Lipinski definition) is 7. The van der Waals surface area contributed by atoms with Gasteiger partial charge in [-0.05, 0) is 30.2 Å². The fourth-order valence-corrected chi connectivity index (χ4v) is 3.61. The second-order valence-electron chi connectivity index (χ2n) is 7.54. The number of carbonyl (C=O) groups is 1. The summed E-state index contributed by atoms with van der Waals surface area (Å²) in [5, 5.41) is 4.31. The van der Waals surface area contributed by atoms with Gasteiger partial charge in [0.05, 0.1) is 28.7 Å². The summed E-state index contributed by atoms with van der Waals surface area (Å²) in [6.07, 6.45) is 8.26. The molecule has 8 nitrogen and oxygen atoms in total. The second kappa shape index (κ2) is 11.0. The maximum atomic E-state index is 12.0. The monoisotopic (exact) mass is 463 g/mol. The van der Waals surface area contributed by atoms with Gasteiger partial charge in [0, 0.05) is 24.2 Å². The van der Waals surface area contributed by atoms with E-state index in [1.807, 2.05) is 49.4 Å². The largest absolute Gasteiger partial charge is 0.364 e. The third-order valence-corrected chi connectivity index (χ3v) is 5.31. The van der Waals surface area contributed by atoms with E-state index in [1.54, 1.807) is 24.6 Å². The number of rotatable bonds is 8. The minimum absolute atomic E-state index is 0.316. The maximum Gasteiger partial charge on any atom is 0.266 e. The minimum atomic E-state index is -0.442. The summed E-state index contributed by atoms with van der Waals surface area (Å²) in [6.45, 7) is 6.06. The quantitative estimate of drug-likeness (QED) is 0.153. The molecule has 174 valence electrons. The molecular formula is C27H25N7O. The maximum absolute atomic E-state index is 12.0. The molecule has 0 radical (unpaired) electrons. The molecule has 2 heterocycles. The van der Waals surface area contributed by atoms with Crippen LogP contribution in [0.4, 0.5) is 5.82 Å². The van der Waals surface area contributed by atoms with Gasteiger partial charge in [0.2, 0.25) is 0 Å². The van der Waals surface area contributed by atoms with Crippen LogP contribution in [0.1, 0.15) is 17.3 Å². The molecule has 0 aliphatic carbocycles. The summed E-state index contributed by atoms with van der Waals surface area (Å²) in [4.78, 5) is 30.2. The van der Waals surface area contributed by atoms with Crippen LogP contribution in [0.15, 0.2) is 96.4 Å². The van der Waals surface area contributed by atoms with Crippen LogP contribution in [0, 0.1) is 0 Å². The third kappa shape index (κ3) is 5.29. The van der Waals surface area contributed by atoms with E-state index in [4.69, 9.17) is 15.8 Å². The van der Waals surface area contributed by atoms with Crippen molar-refractivity contribution in [3.63, 3.8) is 0 Å². The molecule has 8 heteroatoms. The van der Waals surface area contributed by atoms with E-state index < -0.39 is 5.91 Å². The van der Waals surface area contributed by atoms with Crippen molar-refractivity contribution < 1.29 is 4.79 Å². The minimum Gasteiger partial charge on any atom is -0.364 e. The van der Waals surface area contributed by atoms with E-state index >= 15 is 0 Å². The average Bonchev–Trinajstić information content (AvgIpc) is 2.92. The Kier molecular flexibility index (Phi) is 7.34. The Morgan fingerprint density at radius 2 is 1.91 bits per heavy atom. The van der Waals surface area contributed by atoms with Crippen molar-refractivity contribution in [1.82, 2.24) is 20.4 Å². The summed E-state index contributed by atoms with van der Waals surface area (Å²) in [6, 6.07) is 17.7. The number of nitrogen functional groups attached to an aromatic ring is 1. The first-order valence-electron chi connectivity index (χ1n) is 11.0. The number of nitrogens with zero attached hydrogens (tertiary/aromatic N) is 4. The number of hydrazine groups is 1. The van der Waals surface area contributed by atoms with E-state index in [2.05, 4.69) is 39.4 Å². The molecule has 0 unspecified atom stereocenters. The van der Waals surface area contributed by atoms with Crippen molar-refractivity contribution >= 4 is 28.8 Å². The molecular weight excluding hydrogens is 438 g/mol. The SMILES string of the molecule is C=CC=N/C(=C\C)CNc1nc(-c2cncc(C(=O)NN)c2)nc2cccc(-c3ccccc3)c12. The summed E-state index contributed by atoms with van der Waals surface area (Å²) < 4.78 is 0. The van der Waals surface area contributed by atoms with Crippen LogP contribution >= 0.6 is 0 Å². The van der Waals surface area contributed by atoms with Gasteiger partial charge in [0.15, 0.2) is 5.82 Å². The first kappa shape index (κ1) is 23.5. The normalized spacial score (nSPS) is 11.5. The van der Waals surface area contributed by atoms with Crippen LogP contribution in [-0.4, -0.2) is 33.6 Å². The van der Waals surface area contributed by atoms with Crippen LogP contribution in [0.25, 0.3) is 33.4 Å². The number of amides is 1. The Bertz CT molecular complexity index is 1430. The van der Waals surface area contributed by atoms with Gasteiger partial charge >= 0.3 is 0 Å². The van der Waals surface area contributed by atoms with Crippen molar-refractivity contribution in [1.29, 1.82) is 0 Å². The molecule has 0 bridgehead atoms. The van der Waals surface area contributed by atoms with E-state index in [-0.39, 0.29) is 0 Å². The summed E-state index contributed by atoms with van der Waals surface area (Å²) in [5.74, 6) is 5.92. The number of pyridine rings is 1. The van der Waals surface area contributed by atoms with Gasteiger partial charge in [0.25, 0.3) is 5.91 Å². The summed E-state index contributed by atoms with van der Waals surface area (Å²) >= 11 is 0. The van der Waals surface area contributed by atoms with Crippen molar-refractivity contribution in [2.45, 2.75) is 6.92 Å². The Hall–Kier alpha value is -4.69. The molecule has 1 amide bonds. The molecule has 2 aromatic heterocycles. The highest BCUT2D eigenvalue weighted by atomic mass is 16.2. The number of benzene rings is 2. The summed E-state index contributed by atoms with van der Waals surface area (Å²) in [5.41, 5.74) is 6.68. The van der Waals surface area contributed by atoms with Crippen LogP contribution in [0.5, 0.6) is 0 Å². The van der Waals surface area contributed by atoms with Crippen molar-refractivity contribution in [3.8, 4) is 22.5 Å². The van der Waals surface area contributed by atoms with Crippen LogP contribution in [-0.2, 0) is 0 Å². The van der Waals surface area contributed by atoms with Crippen molar-refractivity contribution in [3.05, 3.63) is 97.0 Å². The smallest absolute Gasteiger partial charge is 0.266 e.